The SMILES string of the molecule is N#CC1CCCCC1NCCC1CCC1. The van der Waals surface area contributed by atoms with Crippen LogP contribution in [0.1, 0.15) is 51.4 Å². The fourth-order valence-electron chi connectivity index (χ4n) is 2.78. The van der Waals surface area contributed by atoms with Crippen molar-refractivity contribution in [1.82, 2.24) is 5.32 Å². The smallest absolute Gasteiger partial charge is 0.0672 e. The molecule has 0 spiro atoms. The molecule has 0 aromatic heterocycles. The van der Waals surface area contributed by atoms with Crippen molar-refractivity contribution in [3.63, 3.8) is 0 Å². The van der Waals surface area contributed by atoms with Gasteiger partial charge in [0.2, 0.25) is 0 Å². The molecule has 2 aliphatic rings. The van der Waals surface area contributed by atoms with Crippen molar-refractivity contribution in [2.24, 2.45) is 11.8 Å². The monoisotopic (exact) mass is 206 g/mol. The molecule has 1 N–H and O–H groups in total. The molecule has 2 heteroatoms. The van der Waals surface area contributed by atoms with Gasteiger partial charge in [0.25, 0.3) is 0 Å². The van der Waals surface area contributed by atoms with Crippen LogP contribution in [0.5, 0.6) is 0 Å². The summed E-state index contributed by atoms with van der Waals surface area (Å²) in [6, 6.07) is 2.95. The van der Waals surface area contributed by atoms with E-state index in [1.807, 2.05) is 0 Å². The second-order valence-corrected chi connectivity index (χ2v) is 5.17. The molecule has 2 nitrogen and oxygen atoms in total. The van der Waals surface area contributed by atoms with Gasteiger partial charge in [-0.25, -0.2) is 0 Å². The van der Waals surface area contributed by atoms with Crippen LogP contribution in [0.3, 0.4) is 0 Å². The fraction of sp³-hybridized carbons (Fsp3) is 0.923. The van der Waals surface area contributed by atoms with Gasteiger partial charge in [-0.3, -0.25) is 0 Å². The second-order valence-electron chi connectivity index (χ2n) is 5.17. The first-order chi connectivity index (χ1) is 7.40. The fourth-order valence-corrected chi connectivity index (χ4v) is 2.78. The molecule has 2 atom stereocenters. The van der Waals surface area contributed by atoms with E-state index in [-0.39, 0.29) is 5.92 Å². The van der Waals surface area contributed by atoms with E-state index in [0.717, 1.165) is 18.9 Å². The molecule has 0 aromatic rings. The Kier molecular flexibility index (Phi) is 4.02. The summed E-state index contributed by atoms with van der Waals surface area (Å²) in [4.78, 5) is 0. The van der Waals surface area contributed by atoms with E-state index in [0.29, 0.717) is 6.04 Å². The summed E-state index contributed by atoms with van der Waals surface area (Å²) in [7, 11) is 0. The standard InChI is InChI=1S/C13H22N2/c14-10-12-6-1-2-7-13(12)15-9-8-11-4-3-5-11/h11-13,15H,1-9H2. The summed E-state index contributed by atoms with van der Waals surface area (Å²) >= 11 is 0. The first-order valence-corrected chi connectivity index (χ1v) is 6.53. The zero-order chi connectivity index (χ0) is 10.5. The van der Waals surface area contributed by atoms with Gasteiger partial charge < -0.3 is 5.32 Å². The van der Waals surface area contributed by atoms with Crippen molar-refractivity contribution >= 4 is 0 Å². The van der Waals surface area contributed by atoms with Crippen LogP contribution in [0.15, 0.2) is 0 Å². The molecular weight excluding hydrogens is 184 g/mol. The van der Waals surface area contributed by atoms with Crippen LogP contribution < -0.4 is 5.32 Å². The highest BCUT2D eigenvalue weighted by Gasteiger charge is 2.24. The van der Waals surface area contributed by atoms with Gasteiger partial charge in [-0.1, -0.05) is 32.1 Å². The maximum Gasteiger partial charge on any atom is 0.0672 e. The van der Waals surface area contributed by atoms with Gasteiger partial charge in [-0.2, -0.15) is 5.26 Å². The van der Waals surface area contributed by atoms with Crippen molar-refractivity contribution in [3.8, 4) is 6.07 Å². The molecule has 0 heterocycles. The van der Waals surface area contributed by atoms with Gasteiger partial charge in [0, 0.05) is 6.04 Å². The molecule has 0 aromatic carbocycles. The molecule has 0 radical (unpaired) electrons. The summed E-state index contributed by atoms with van der Waals surface area (Å²) in [6.07, 6.45) is 10.5. The van der Waals surface area contributed by atoms with Gasteiger partial charge in [0.15, 0.2) is 0 Å². The van der Waals surface area contributed by atoms with Crippen LogP contribution in [0.25, 0.3) is 0 Å². The maximum atomic E-state index is 9.04. The van der Waals surface area contributed by atoms with Gasteiger partial charge in [-0.15, -0.1) is 0 Å². The van der Waals surface area contributed by atoms with E-state index in [1.165, 1.54) is 44.9 Å². The first kappa shape index (κ1) is 11.0. The Morgan fingerprint density at radius 1 is 1.07 bits per heavy atom. The molecule has 0 saturated heterocycles. The largest absolute Gasteiger partial charge is 0.313 e. The Labute approximate surface area is 93.0 Å². The lowest BCUT2D eigenvalue weighted by Gasteiger charge is -2.30. The normalized spacial score (nSPS) is 31.9. The Bertz CT molecular complexity index is 227. The van der Waals surface area contributed by atoms with E-state index >= 15 is 0 Å². The molecule has 0 aliphatic heterocycles. The van der Waals surface area contributed by atoms with Crippen molar-refractivity contribution in [2.45, 2.75) is 57.4 Å². The lowest BCUT2D eigenvalue weighted by atomic mass is 9.82. The van der Waals surface area contributed by atoms with Crippen molar-refractivity contribution in [1.29, 1.82) is 5.26 Å². The number of nitriles is 1. The van der Waals surface area contributed by atoms with Crippen LogP contribution in [0.4, 0.5) is 0 Å². The summed E-state index contributed by atoms with van der Waals surface area (Å²) in [5.41, 5.74) is 0. The Hall–Kier alpha value is -0.550. The lowest BCUT2D eigenvalue weighted by molar-refractivity contribution is 0.264. The van der Waals surface area contributed by atoms with E-state index in [2.05, 4.69) is 11.4 Å². The third-order valence-electron chi connectivity index (χ3n) is 4.12. The van der Waals surface area contributed by atoms with Crippen molar-refractivity contribution in [2.75, 3.05) is 6.54 Å². The second kappa shape index (κ2) is 5.51. The van der Waals surface area contributed by atoms with Crippen molar-refractivity contribution in [3.05, 3.63) is 0 Å². The summed E-state index contributed by atoms with van der Waals surface area (Å²) in [6.45, 7) is 1.13. The van der Waals surface area contributed by atoms with Gasteiger partial charge in [0.1, 0.15) is 0 Å². The lowest BCUT2D eigenvalue weighted by Crippen LogP contribution is -2.39. The van der Waals surface area contributed by atoms with Crippen LogP contribution >= 0.6 is 0 Å². The molecular formula is C13H22N2. The van der Waals surface area contributed by atoms with E-state index in [4.69, 9.17) is 5.26 Å². The highest BCUT2D eigenvalue weighted by molar-refractivity contribution is 4.94. The molecule has 2 aliphatic carbocycles. The summed E-state index contributed by atoms with van der Waals surface area (Å²) in [5.74, 6) is 1.27. The predicted octanol–water partition coefficient (Wildman–Crippen LogP) is 2.85. The molecule has 2 fully saturated rings. The first-order valence-electron chi connectivity index (χ1n) is 6.53. The number of rotatable bonds is 4. The molecule has 2 rings (SSSR count). The average Bonchev–Trinajstić information content (AvgIpc) is 2.22. The molecule has 2 saturated carbocycles. The van der Waals surface area contributed by atoms with Gasteiger partial charge in [0.05, 0.1) is 12.0 Å². The minimum atomic E-state index is 0.278. The molecule has 0 bridgehead atoms. The Morgan fingerprint density at radius 3 is 2.53 bits per heavy atom. The highest BCUT2D eigenvalue weighted by Crippen LogP contribution is 2.29. The zero-order valence-corrected chi connectivity index (χ0v) is 9.54. The third kappa shape index (κ3) is 2.95. The van der Waals surface area contributed by atoms with Crippen LogP contribution in [-0.2, 0) is 0 Å². The Balaban J connectivity index is 1.65. The zero-order valence-electron chi connectivity index (χ0n) is 9.54. The number of hydrogen-bond acceptors (Lipinski definition) is 2. The highest BCUT2D eigenvalue weighted by atomic mass is 14.9. The quantitative estimate of drug-likeness (QED) is 0.767. The average molecular weight is 206 g/mol. The van der Waals surface area contributed by atoms with Crippen LogP contribution in [0.2, 0.25) is 0 Å². The summed E-state index contributed by atoms with van der Waals surface area (Å²) in [5, 5.41) is 12.6. The van der Waals surface area contributed by atoms with Gasteiger partial charge in [-0.05, 0) is 31.7 Å². The molecule has 2 unspecified atom stereocenters. The number of nitrogens with zero attached hydrogens (tertiary/aromatic N) is 1. The molecule has 84 valence electrons. The van der Waals surface area contributed by atoms with Crippen LogP contribution in [-0.4, -0.2) is 12.6 Å². The van der Waals surface area contributed by atoms with E-state index < -0.39 is 0 Å². The van der Waals surface area contributed by atoms with E-state index in [1.54, 1.807) is 0 Å². The third-order valence-corrected chi connectivity index (χ3v) is 4.12. The predicted molar refractivity (Wildman–Crippen MR) is 61.3 cm³/mol. The minimum absolute atomic E-state index is 0.278. The summed E-state index contributed by atoms with van der Waals surface area (Å²) < 4.78 is 0. The molecule has 0 amide bonds. The molecule has 15 heavy (non-hydrogen) atoms. The number of nitrogens with one attached hydrogen (secondary N) is 1. The maximum absolute atomic E-state index is 9.04. The Morgan fingerprint density at radius 2 is 1.87 bits per heavy atom. The topological polar surface area (TPSA) is 35.8 Å². The minimum Gasteiger partial charge on any atom is -0.313 e. The van der Waals surface area contributed by atoms with Crippen LogP contribution in [0, 0.1) is 23.2 Å². The van der Waals surface area contributed by atoms with E-state index in [9.17, 15) is 0 Å². The number of hydrogen-bond donors (Lipinski definition) is 1. The van der Waals surface area contributed by atoms with Gasteiger partial charge >= 0.3 is 0 Å². The van der Waals surface area contributed by atoms with Crippen molar-refractivity contribution < 1.29 is 0 Å².